The van der Waals surface area contributed by atoms with Crippen LogP contribution >= 0.6 is 0 Å². The van der Waals surface area contributed by atoms with Crippen molar-refractivity contribution in [3.63, 3.8) is 0 Å². The van der Waals surface area contributed by atoms with E-state index in [9.17, 15) is 5.11 Å². The van der Waals surface area contributed by atoms with Gasteiger partial charge in [0, 0.05) is 19.7 Å². The summed E-state index contributed by atoms with van der Waals surface area (Å²) in [4.78, 5) is 2.40. The minimum absolute atomic E-state index is 0.298. The number of nitrogens with zero attached hydrogens (tertiary/aromatic N) is 1. The molecule has 0 amide bonds. The van der Waals surface area contributed by atoms with Crippen molar-refractivity contribution in [1.82, 2.24) is 4.90 Å². The zero-order valence-corrected chi connectivity index (χ0v) is 16.9. The Kier molecular flexibility index (Phi) is 6.74. The number of aryl methyl sites for hydroxylation is 1. The van der Waals surface area contributed by atoms with E-state index >= 15 is 0 Å². The zero-order valence-electron chi connectivity index (χ0n) is 16.9. The molecule has 1 saturated heterocycles. The molecule has 4 heteroatoms. The lowest BCUT2D eigenvalue weighted by atomic mass is 9.95. The summed E-state index contributed by atoms with van der Waals surface area (Å²) >= 11 is 0. The van der Waals surface area contributed by atoms with E-state index in [-0.39, 0.29) is 0 Å². The first kappa shape index (κ1) is 20.1. The van der Waals surface area contributed by atoms with Crippen LogP contribution in [-0.2, 0) is 23.4 Å². The van der Waals surface area contributed by atoms with Crippen LogP contribution in [-0.4, -0.2) is 29.3 Å². The van der Waals surface area contributed by atoms with Crippen molar-refractivity contribution in [2.45, 2.75) is 71.2 Å². The molecule has 0 aliphatic carbocycles. The van der Waals surface area contributed by atoms with Gasteiger partial charge in [0.05, 0.1) is 12.6 Å². The molecule has 27 heavy (non-hydrogen) atoms. The summed E-state index contributed by atoms with van der Waals surface area (Å²) in [5, 5.41) is 10.7. The lowest BCUT2D eigenvalue weighted by Gasteiger charge is -2.25. The Morgan fingerprint density at radius 3 is 2.56 bits per heavy atom. The summed E-state index contributed by atoms with van der Waals surface area (Å²) in [7, 11) is 0. The molecule has 0 spiro atoms. The summed E-state index contributed by atoms with van der Waals surface area (Å²) in [5.74, 6) is 1.58. The topological polar surface area (TPSA) is 45.8 Å². The molecule has 0 bridgehead atoms. The fourth-order valence-electron chi connectivity index (χ4n) is 3.82. The third kappa shape index (κ3) is 5.01. The van der Waals surface area contributed by atoms with Gasteiger partial charge in [0.1, 0.15) is 17.1 Å². The van der Waals surface area contributed by atoms with Crippen molar-refractivity contribution < 1.29 is 14.3 Å². The van der Waals surface area contributed by atoms with Gasteiger partial charge in [-0.05, 0) is 55.9 Å². The van der Waals surface area contributed by atoms with E-state index in [0.717, 1.165) is 44.8 Å². The maximum absolute atomic E-state index is 10.7. The van der Waals surface area contributed by atoms with Crippen LogP contribution in [0.15, 0.2) is 40.8 Å². The minimum atomic E-state index is -0.867. The summed E-state index contributed by atoms with van der Waals surface area (Å²) in [6.45, 7) is 9.50. The molecule has 1 atom stereocenters. The predicted molar refractivity (Wildman–Crippen MR) is 107 cm³/mol. The van der Waals surface area contributed by atoms with Crippen LogP contribution in [0.2, 0.25) is 0 Å². The highest BCUT2D eigenvalue weighted by molar-refractivity contribution is 5.25. The Morgan fingerprint density at radius 1 is 1.11 bits per heavy atom. The Balaban J connectivity index is 1.74. The van der Waals surface area contributed by atoms with E-state index < -0.39 is 5.60 Å². The molecule has 1 aliphatic heterocycles. The lowest BCUT2D eigenvalue weighted by molar-refractivity contribution is 0.00461. The van der Waals surface area contributed by atoms with Gasteiger partial charge >= 0.3 is 0 Å². The summed E-state index contributed by atoms with van der Waals surface area (Å²) < 4.78 is 11.9. The Morgan fingerprint density at radius 2 is 1.89 bits per heavy atom. The van der Waals surface area contributed by atoms with Gasteiger partial charge in [0.25, 0.3) is 0 Å². The van der Waals surface area contributed by atoms with Crippen LogP contribution in [0.3, 0.4) is 0 Å². The molecule has 2 heterocycles. The van der Waals surface area contributed by atoms with E-state index in [4.69, 9.17) is 9.15 Å². The Bertz CT molecular complexity index is 714. The van der Waals surface area contributed by atoms with Gasteiger partial charge in [-0.25, -0.2) is 0 Å². The van der Waals surface area contributed by atoms with Gasteiger partial charge in [-0.2, -0.15) is 0 Å². The van der Waals surface area contributed by atoms with Crippen molar-refractivity contribution in [3.8, 4) is 0 Å². The fourth-order valence-corrected chi connectivity index (χ4v) is 3.82. The first-order chi connectivity index (χ1) is 13.0. The molecule has 2 aromatic rings. The average Bonchev–Trinajstić information content (AvgIpc) is 3.35. The van der Waals surface area contributed by atoms with E-state index in [1.165, 1.54) is 11.1 Å². The molecule has 3 rings (SSSR count). The van der Waals surface area contributed by atoms with Crippen molar-refractivity contribution in [2.75, 3.05) is 13.2 Å². The standard InChI is InChI=1S/C23H33NO3/c1-4-23(25,5-2)22-13-12-21(27-22)17-24(16-20-11-8-14-26-20)15-19-10-7-6-9-18(19)3/h6-7,9-10,12-13,20,25H,4-5,8,11,14-17H2,1-3H3. The van der Waals surface area contributed by atoms with Gasteiger partial charge in [-0.15, -0.1) is 0 Å². The minimum Gasteiger partial charge on any atom is -0.462 e. The second-order valence-electron chi connectivity index (χ2n) is 7.74. The number of ether oxygens (including phenoxy) is 1. The lowest BCUT2D eigenvalue weighted by Crippen LogP contribution is -2.31. The molecule has 1 N–H and O–H groups in total. The zero-order chi connectivity index (χ0) is 19.3. The van der Waals surface area contributed by atoms with Crippen LogP contribution in [0.25, 0.3) is 0 Å². The monoisotopic (exact) mass is 371 g/mol. The molecule has 148 valence electrons. The molecule has 4 nitrogen and oxygen atoms in total. The van der Waals surface area contributed by atoms with Crippen LogP contribution in [0.1, 0.15) is 62.2 Å². The van der Waals surface area contributed by atoms with Gasteiger partial charge in [-0.1, -0.05) is 38.1 Å². The van der Waals surface area contributed by atoms with E-state index in [2.05, 4.69) is 36.1 Å². The number of aliphatic hydroxyl groups is 1. The quantitative estimate of drug-likeness (QED) is 0.689. The second-order valence-corrected chi connectivity index (χ2v) is 7.74. The first-order valence-corrected chi connectivity index (χ1v) is 10.2. The van der Waals surface area contributed by atoms with Crippen LogP contribution in [0, 0.1) is 6.92 Å². The average molecular weight is 372 g/mol. The second kappa shape index (κ2) is 9.05. The molecule has 1 aromatic heterocycles. The SMILES string of the molecule is CCC(O)(CC)c1ccc(CN(Cc2ccccc2C)CC2CCCO2)o1. The number of hydrogen-bond donors (Lipinski definition) is 1. The van der Waals surface area contributed by atoms with Gasteiger partial charge in [0.15, 0.2) is 0 Å². The maximum atomic E-state index is 10.7. The molecule has 1 fully saturated rings. The molecular weight excluding hydrogens is 338 g/mol. The van der Waals surface area contributed by atoms with E-state index in [1.54, 1.807) is 0 Å². The highest BCUT2D eigenvalue weighted by Crippen LogP contribution is 2.30. The number of rotatable bonds is 9. The van der Waals surface area contributed by atoms with E-state index in [1.807, 2.05) is 26.0 Å². The van der Waals surface area contributed by atoms with Crippen LogP contribution < -0.4 is 0 Å². The largest absolute Gasteiger partial charge is 0.462 e. The van der Waals surface area contributed by atoms with Gasteiger partial charge in [0.2, 0.25) is 0 Å². The maximum Gasteiger partial charge on any atom is 0.135 e. The molecule has 1 aliphatic rings. The van der Waals surface area contributed by atoms with Crippen molar-refractivity contribution in [3.05, 3.63) is 59.0 Å². The molecule has 0 saturated carbocycles. The predicted octanol–water partition coefficient (Wildman–Crippen LogP) is 4.78. The summed E-state index contributed by atoms with van der Waals surface area (Å²) in [6.07, 6.45) is 3.87. The van der Waals surface area contributed by atoms with E-state index in [0.29, 0.717) is 24.7 Å². The molecule has 1 aromatic carbocycles. The highest BCUT2D eigenvalue weighted by Gasteiger charge is 2.29. The van der Waals surface area contributed by atoms with Crippen LogP contribution in [0.4, 0.5) is 0 Å². The molecular formula is C23H33NO3. The number of furan rings is 1. The summed E-state index contributed by atoms with van der Waals surface area (Å²) in [6, 6.07) is 12.5. The van der Waals surface area contributed by atoms with Crippen molar-refractivity contribution in [1.29, 1.82) is 0 Å². The van der Waals surface area contributed by atoms with Crippen LogP contribution in [0.5, 0.6) is 0 Å². The van der Waals surface area contributed by atoms with Gasteiger partial charge in [-0.3, -0.25) is 4.90 Å². The first-order valence-electron chi connectivity index (χ1n) is 10.2. The molecule has 1 unspecified atom stereocenters. The smallest absolute Gasteiger partial charge is 0.135 e. The summed E-state index contributed by atoms with van der Waals surface area (Å²) in [5.41, 5.74) is 1.77. The van der Waals surface area contributed by atoms with Gasteiger partial charge < -0.3 is 14.3 Å². The highest BCUT2D eigenvalue weighted by atomic mass is 16.5. The fraction of sp³-hybridized carbons (Fsp3) is 0.565. The normalized spacial score (nSPS) is 17.7. The number of benzene rings is 1. The third-order valence-electron chi connectivity index (χ3n) is 5.81. The third-order valence-corrected chi connectivity index (χ3v) is 5.81. The van der Waals surface area contributed by atoms with Crippen molar-refractivity contribution in [2.24, 2.45) is 0 Å². The number of hydrogen-bond acceptors (Lipinski definition) is 4. The Hall–Kier alpha value is -1.62. The Labute approximate surface area is 163 Å². The van der Waals surface area contributed by atoms with Crippen molar-refractivity contribution >= 4 is 0 Å². The molecule has 0 radical (unpaired) electrons.